The van der Waals surface area contributed by atoms with Gasteiger partial charge in [0, 0.05) is 43.8 Å². The Kier molecular flexibility index (Phi) is 5.98. The molecular formula is C19H29N5OS. The van der Waals surface area contributed by atoms with E-state index in [0.29, 0.717) is 12.0 Å². The van der Waals surface area contributed by atoms with Gasteiger partial charge in [-0.15, -0.1) is 11.3 Å². The zero-order valence-corrected chi connectivity index (χ0v) is 16.9. The number of urea groups is 1. The summed E-state index contributed by atoms with van der Waals surface area (Å²) in [5.41, 5.74) is 3.27. The fraction of sp³-hybridized carbons (Fsp3) is 0.579. The van der Waals surface area contributed by atoms with Gasteiger partial charge in [-0.2, -0.15) is 5.10 Å². The average Bonchev–Trinajstić information content (AvgIpc) is 3.23. The summed E-state index contributed by atoms with van der Waals surface area (Å²) < 4.78 is 1.87. The summed E-state index contributed by atoms with van der Waals surface area (Å²) in [6, 6.07) is 0.283. The summed E-state index contributed by atoms with van der Waals surface area (Å²) in [7, 11) is 3.85. The minimum Gasteiger partial charge on any atom is -0.327 e. The highest BCUT2D eigenvalue weighted by atomic mass is 32.1. The van der Waals surface area contributed by atoms with E-state index in [1.165, 1.54) is 12.0 Å². The standard InChI is InChI=1S/C19H29N5OS/c1-5-24-8-6-7-15(18(24)16-9-20-23(4)11-16)10-22(3)19(25)21-17-13-26-12-14(17)2/h9,11-13,15,18H,5-8,10H2,1-4H3,(H,21,25)/t15-,18+/m0/s1. The second kappa shape index (κ2) is 8.22. The fourth-order valence-corrected chi connectivity index (χ4v) is 4.69. The Balaban J connectivity index is 1.71. The van der Waals surface area contributed by atoms with Crippen LogP contribution in [0.5, 0.6) is 0 Å². The summed E-state index contributed by atoms with van der Waals surface area (Å²) in [5.74, 6) is 0.409. The number of amides is 2. The number of likely N-dealkylation sites (tertiary alicyclic amines) is 1. The van der Waals surface area contributed by atoms with Gasteiger partial charge in [0.25, 0.3) is 0 Å². The Labute approximate surface area is 159 Å². The molecule has 0 unspecified atom stereocenters. The first-order valence-electron chi connectivity index (χ1n) is 9.27. The highest BCUT2D eigenvalue weighted by molar-refractivity contribution is 7.08. The number of rotatable bonds is 5. The molecule has 0 spiro atoms. The third-order valence-corrected chi connectivity index (χ3v) is 6.15. The number of piperidine rings is 1. The number of aromatic nitrogens is 2. The first-order valence-corrected chi connectivity index (χ1v) is 10.2. The van der Waals surface area contributed by atoms with E-state index in [1.54, 1.807) is 11.3 Å². The third kappa shape index (κ3) is 4.10. The van der Waals surface area contributed by atoms with Crippen molar-refractivity contribution in [2.24, 2.45) is 13.0 Å². The molecule has 7 heteroatoms. The van der Waals surface area contributed by atoms with Crippen molar-refractivity contribution < 1.29 is 4.79 Å². The molecule has 0 aromatic carbocycles. The highest BCUT2D eigenvalue weighted by Gasteiger charge is 2.34. The molecule has 1 N–H and O–H groups in total. The zero-order chi connectivity index (χ0) is 18.7. The minimum absolute atomic E-state index is 0.0370. The number of hydrogen-bond acceptors (Lipinski definition) is 4. The van der Waals surface area contributed by atoms with E-state index in [2.05, 4.69) is 28.4 Å². The Morgan fingerprint density at radius 3 is 2.88 bits per heavy atom. The summed E-state index contributed by atoms with van der Waals surface area (Å²) >= 11 is 1.61. The number of carbonyl (C=O) groups excluding carboxylic acids is 1. The average molecular weight is 376 g/mol. The molecule has 0 bridgehead atoms. The maximum atomic E-state index is 12.6. The number of anilines is 1. The minimum atomic E-state index is -0.0370. The Morgan fingerprint density at radius 2 is 2.27 bits per heavy atom. The largest absolute Gasteiger partial charge is 0.327 e. The van der Waals surface area contributed by atoms with Crippen LogP contribution in [-0.4, -0.2) is 52.3 Å². The van der Waals surface area contributed by atoms with E-state index in [0.717, 1.165) is 37.3 Å². The quantitative estimate of drug-likeness (QED) is 0.866. The van der Waals surface area contributed by atoms with Gasteiger partial charge in [-0.05, 0) is 49.7 Å². The van der Waals surface area contributed by atoms with E-state index in [4.69, 9.17) is 0 Å². The van der Waals surface area contributed by atoms with Gasteiger partial charge in [0.1, 0.15) is 0 Å². The van der Waals surface area contributed by atoms with Crippen LogP contribution in [-0.2, 0) is 7.05 Å². The van der Waals surface area contributed by atoms with Crippen LogP contribution in [0.1, 0.15) is 36.9 Å². The summed E-state index contributed by atoms with van der Waals surface area (Å²) in [6.45, 7) is 7.09. The van der Waals surface area contributed by atoms with Gasteiger partial charge in [0.15, 0.2) is 0 Å². The highest BCUT2D eigenvalue weighted by Crippen LogP contribution is 2.36. The van der Waals surface area contributed by atoms with Crippen molar-refractivity contribution in [3.63, 3.8) is 0 Å². The molecule has 142 valence electrons. The number of aryl methyl sites for hydroxylation is 2. The zero-order valence-electron chi connectivity index (χ0n) is 16.1. The Bertz CT molecular complexity index is 740. The lowest BCUT2D eigenvalue weighted by molar-refractivity contribution is 0.0828. The lowest BCUT2D eigenvalue weighted by atomic mass is 9.85. The van der Waals surface area contributed by atoms with Crippen LogP contribution in [0.2, 0.25) is 0 Å². The van der Waals surface area contributed by atoms with E-state index in [-0.39, 0.29) is 6.03 Å². The van der Waals surface area contributed by atoms with E-state index >= 15 is 0 Å². The van der Waals surface area contributed by atoms with Gasteiger partial charge in [-0.1, -0.05) is 6.92 Å². The van der Waals surface area contributed by atoms with Crippen molar-refractivity contribution in [3.05, 3.63) is 34.3 Å². The molecule has 6 nitrogen and oxygen atoms in total. The Hall–Kier alpha value is -1.86. The number of carbonyl (C=O) groups is 1. The summed E-state index contributed by atoms with van der Waals surface area (Å²) in [5, 5.41) is 11.4. The van der Waals surface area contributed by atoms with Crippen LogP contribution in [0.15, 0.2) is 23.2 Å². The third-order valence-electron chi connectivity index (χ3n) is 5.28. The van der Waals surface area contributed by atoms with Crippen LogP contribution in [0.3, 0.4) is 0 Å². The monoisotopic (exact) mass is 375 g/mol. The van der Waals surface area contributed by atoms with Gasteiger partial charge in [-0.3, -0.25) is 9.58 Å². The Morgan fingerprint density at radius 1 is 1.46 bits per heavy atom. The van der Waals surface area contributed by atoms with Crippen molar-refractivity contribution in [2.75, 3.05) is 32.0 Å². The van der Waals surface area contributed by atoms with Gasteiger partial charge in [0.2, 0.25) is 0 Å². The number of thiophene rings is 1. The topological polar surface area (TPSA) is 53.4 Å². The normalized spacial score (nSPS) is 20.9. The number of nitrogens with zero attached hydrogens (tertiary/aromatic N) is 4. The van der Waals surface area contributed by atoms with Gasteiger partial charge < -0.3 is 10.2 Å². The molecule has 2 aromatic rings. The maximum Gasteiger partial charge on any atom is 0.321 e. The second-order valence-electron chi connectivity index (χ2n) is 7.20. The molecule has 0 saturated carbocycles. The predicted molar refractivity (Wildman–Crippen MR) is 107 cm³/mol. The lowest BCUT2D eigenvalue weighted by Gasteiger charge is -2.42. The fourth-order valence-electron chi connectivity index (χ4n) is 3.91. The molecule has 2 aromatic heterocycles. The van der Waals surface area contributed by atoms with Crippen LogP contribution in [0.25, 0.3) is 0 Å². The van der Waals surface area contributed by atoms with E-state index in [1.807, 2.05) is 47.6 Å². The lowest BCUT2D eigenvalue weighted by Crippen LogP contribution is -2.44. The first-order chi connectivity index (χ1) is 12.5. The van der Waals surface area contributed by atoms with Crippen LogP contribution in [0.4, 0.5) is 10.5 Å². The van der Waals surface area contributed by atoms with Crippen LogP contribution >= 0.6 is 11.3 Å². The molecule has 2 atom stereocenters. The van der Waals surface area contributed by atoms with Crippen LogP contribution in [0, 0.1) is 12.8 Å². The molecule has 1 fully saturated rings. The summed E-state index contributed by atoms with van der Waals surface area (Å²) in [4.78, 5) is 17.0. The maximum absolute atomic E-state index is 12.6. The second-order valence-corrected chi connectivity index (χ2v) is 7.95. The molecule has 3 rings (SSSR count). The van der Waals surface area contributed by atoms with Crippen molar-refractivity contribution in [1.82, 2.24) is 19.6 Å². The molecule has 1 saturated heterocycles. The summed E-state index contributed by atoms with van der Waals surface area (Å²) in [6.07, 6.45) is 6.39. The first kappa shape index (κ1) is 18.9. The van der Waals surface area contributed by atoms with Gasteiger partial charge in [-0.25, -0.2) is 4.79 Å². The van der Waals surface area contributed by atoms with Crippen molar-refractivity contribution in [3.8, 4) is 0 Å². The van der Waals surface area contributed by atoms with Gasteiger partial charge >= 0.3 is 6.03 Å². The van der Waals surface area contributed by atoms with Gasteiger partial charge in [0.05, 0.1) is 11.9 Å². The predicted octanol–water partition coefficient (Wildman–Crippen LogP) is 3.73. The van der Waals surface area contributed by atoms with Crippen molar-refractivity contribution in [1.29, 1.82) is 0 Å². The van der Waals surface area contributed by atoms with E-state index in [9.17, 15) is 4.79 Å². The SMILES string of the molecule is CCN1CCC[C@@H](CN(C)C(=O)Nc2cscc2C)[C@@H]1c1cnn(C)c1. The molecule has 2 amide bonds. The molecular weight excluding hydrogens is 346 g/mol. The number of hydrogen-bond donors (Lipinski definition) is 1. The van der Waals surface area contributed by atoms with Crippen molar-refractivity contribution >= 4 is 23.1 Å². The molecule has 1 aliphatic heterocycles. The molecule has 26 heavy (non-hydrogen) atoms. The molecule has 3 heterocycles. The molecule has 1 aliphatic rings. The molecule has 0 aliphatic carbocycles. The van der Waals surface area contributed by atoms with Crippen LogP contribution < -0.4 is 5.32 Å². The van der Waals surface area contributed by atoms with Crippen molar-refractivity contribution in [2.45, 2.75) is 32.7 Å². The smallest absolute Gasteiger partial charge is 0.321 e. The molecule has 0 radical (unpaired) electrons. The van der Waals surface area contributed by atoms with E-state index < -0.39 is 0 Å². The number of nitrogens with one attached hydrogen (secondary N) is 1.